The summed E-state index contributed by atoms with van der Waals surface area (Å²) in [6.07, 6.45) is 0. The first-order valence-corrected chi connectivity index (χ1v) is 14.4. The van der Waals surface area contributed by atoms with Gasteiger partial charge in [0.25, 0.3) is 11.8 Å². The van der Waals surface area contributed by atoms with Crippen LogP contribution in [0, 0.1) is 20.8 Å². The zero-order chi connectivity index (χ0) is 32.9. The van der Waals surface area contributed by atoms with Crippen LogP contribution in [0.5, 0.6) is 28.7 Å². The lowest BCUT2D eigenvalue weighted by atomic mass is 9.87. The molecule has 0 aliphatic rings. The van der Waals surface area contributed by atoms with Gasteiger partial charge in [0.1, 0.15) is 17.2 Å². The molecule has 0 bridgehead atoms. The number of benzene rings is 6. The van der Waals surface area contributed by atoms with E-state index in [1.165, 1.54) is 0 Å². The second kappa shape index (κ2) is 11.4. The Morgan fingerprint density at radius 3 is 1.33 bits per heavy atom. The fourth-order valence-corrected chi connectivity index (χ4v) is 5.93. The Hall–Kier alpha value is -6.22. The SMILES string of the molecule is Cc1cc2c(O)c(-c3c(C)cc4c(C(=O)Nc5ccccc5)c(O)c(O)cc4c3O)c(C)cc2c(C(=O)Nc2ccccc2)c1O. The van der Waals surface area contributed by atoms with Crippen LogP contribution in [0.15, 0.2) is 84.9 Å². The van der Waals surface area contributed by atoms with Crippen LogP contribution in [0.3, 0.4) is 0 Å². The average Bonchev–Trinajstić information content (AvgIpc) is 3.02. The van der Waals surface area contributed by atoms with E-state index in [0.29, 0.717) is 33.5 Å². The van der Waals surface area contributed by atoms with Crippen LogP contribution in [0.4, 0.5) is 11.4 Å². The number of hydrogen-bond acceptors (Lipinski definition) is 7. The van der Waals surface area contributed by atoms with Gasteiger partial charge in [-0.15, -0.1) is 0 Å². The summed E-state index contributed by atoms with van der Waals surface area (Å²) < 4.78 is 0. The second-order valence-electron chi connectivity index (χ2n) is 11.2. The lowest BCUT2D eigenvalue weighted by Gasteiger charge is -2.20. The first-order valence-electron chi connectivity index (χ1n) is 14.4. The molecule has 6 rings (SSSR count). The monoisotopic (exact) mass is 614 g/mol. The van der Waals surface area contributed by atoms with E-state index in [1.807, 2.05) is 6.07 Å². The quantitative estimate of drug-likeness (QED) is 0.0984. The summed E-state index contributed by atoms with van der Waals surface area (Å²) >= 11 is 0. The number of hydrogen-bond donors (Lipinski definition) is 7. The molecule has 46 heavy (non-hydrogen) atoms. The predicted octanol–water partition coefficient (Wildman–Crippen LogP) is 7.62. The van der Waals surface area contributed by atoms with E-state index < -0.39 is 23.3 Å². The van der Waals surface area contributed by atoms with Crippen molar-refractivity contribution in [1.29, 1.82) is 0 Å². The molecule has 0 saturated carbocycles. The van der Waals surface area contributed by atoms with Gasteiger partial charge >= 0.3 is 0 Å². The minimum absolute atomic E-state index is 0.0160. The number of fused-ring (bicyclic) bond motifs is 2. The molecule has 0 saturated heterocycles. The van der Waals surface area contributed by atoms with Gasteiger partial charge in [0.15, 0.2) is 11.5 Å². The number of phenols is 5. The number of carbonyl (C=O) groups is 2. The highest BCUT2D eigenvalue weighted by molar-refractivity contribution is 6.19. The molecule has 0 radical (unpaired) electrons. The topological polar surface area (TPSA) is 159 Å². The number of nitrogens with one attached hydrogen (secondary N) is 2. The van der Waals surface area contributed by atoms with Crippen molar-refractivity contribution in [3.8, 4) is 39.9 Å². The molecule has 230 valence electrons. The van der Waals surface area contributed by atoms with Crippen molar-refractivity contribution in [3.63, 3.8) is 0 Å². The summed E-state index contributed by atoms with van der Waals surface area (Å²) in [5.74, 6) is -3.33. The van der Waals surface area contributed by atoms with E-state index in [-0.39, 0.29) is 55.7 Å². The molecule has 6 aromatic rings. The third kappa shape index (κ3) is 4.93. The zero-order valence-electron chi connectivity index (χ0n) is 25.1. The number of rotatable bonds is 5. The third-order valence-electron chi connectivity index (χ3n) is 8.11. The Morgan fingerprint density at radius 2 is 0.870 bits per heavy atom. The van der Waals surface area contributed by atoms with Crippen LogP contribution in [-0.4, -0.2) is 37.3 Å². The Bertz CT molecular complexity index is 2050. The third-order valence-corrected chi connectivity index (χ3v) is 8.11. The van der Waals surface area contributed by atoms with Crippen LogP contribution in [0.1, 0.15) is 37.4 Å². The summed E-state index contributed by atoms with van der Waals surface area (Å²) in [5.41, 5.74) is 2.52. The molecule has 0 aliphatic heterocycles. The van der Waals surface area contributed by atoms with Crippen LogP contribution in [-0.2, 0) is 0 Å². The minimum atomic E-state index is -0.697. The molecular weight excluding hydrogens is 584 g/mol. The van der Waals surface area contributed by atoms with Crippen molar-refractivity contribution in [2.75, 3.05) is 10.6 Å². The number of phenolic OH excluding ortho intramolecular Hbond substituents is 5. The van der Waals surface area contributed by atoms with Gasteiger partial charge in [0.05, 0.1) is 11.1 Å². The molecule has 9 heteroatoms. The molecule has 2 amide bonds. The van der Waals surface area contributed by atoms with E-state index in [2.05, 4.69) is 10.6 Å². The number of anilines is 2. The number of aryl methyl sites for hydroxylation is 3. The first-order chi connectivity index (χ1) is 22.0. The maximum atomic E-state index is 13.4. The van der Waals surface area contributed by atoms with Gasteiger partial charge in [-0.05, 0) is 86.0 Å². The highest BCUT2D eigenvalue weighted by Crippen LogP contribution is 2.50. The summed E-state index contributed by atoms with van der Waals surface area (Å²) in [7, 11) is 0. The Kier molecular flexibility index (Phi) is 7.37. The van der Waals surface area contributed by atoms with Gasteiger partial charge in [0, 0.05) is 44.0 Å². The van der Waals surface area contributed by atoms with Crippen LogP contribution >= 0.6 is 0 Å². The molecule has 0 aromatic heterocycles. The van der Waals surface area contributed by atoms with Gasteiger partial charge in [-0.3, -0.25) is 9.59 Å². The van der Waals surface area contributed by atoms with Gasteiger partial charge in [0.2, 0.25) is 0 Å². The standard InChI is InChI=1S/C37H30N2O7/c1-18-14-23-25(16-20(3)32(41)30(23)36(45)38-21-10-6-4-7-11-21)33(42)28(18)29-19(2)15-24-26(34(29)43)17-27(40)35(44)31(24)37(46)39-22-12-8-5-9-13-22/h4-17,40-44H,1-3H3,(H,38,45)(H,39,46). The number of carbonyl (C=O) groups excluding carboxylic acids is 2. The molecule has 0 atom stereocenters. The summed E-state index contributed by atoms with van der Waals surface area (Å²) in [6, 6.07) is 23.3. The van der Waals surface area contributed by atoms with Crippen molar-refractivity contribution >= 4 is 44.7 Å². The van der Waals surface area contributed by atoms with E-state index in [9.17, 15) is 35.1 Å². The maximum absolute atomic E-state index is 13.4. The van der Waals surface area contributed by atoms with Crippen molar-refractivity contribution in [1.82, 2.24) is 0 Å². The zero-order valence-corrected chi connectivity index (χ0v) is 25.1. The van der Waals surface area contributed by atoms with E-state index in [4.69, 9.17) is 0 Å². The largest absolute Gasteiger partial charge is 0.507 e. The van der Waals surface area contributed by atoms with Gasteiger partial charge < -0.3 is 36.2 Å². The fraction of sp³-hybridized carbons (Fsp3) is 0.0811. The normalized spacial score (nSPS) is 11.1. The van der Waals surface area contributed by atoms with Crippen molar-refractivity contribution in [3.05, 3.63) is 113 Å². The molecule has 0 fully saturated rings. The molecule has 0 heterocycles. The van der Waals surface area contributed by atoms with Crippen molar-refractivity contribution in [2.45, 2.75) is 20.8 Å². The van der Waals surface area contributed by atoms with Crippen LogP contribution in [0.25, 0.3) is 32.7 Å². The number of para-hydroxylation sites is 2. The molecular formula is C37H30N2O7. The smallest absolute Gasteiger partial charge is 0.260 e. The van der Waals surface area contributed by atoms with Gasteiger partial charge in [-0.1, -0.05) is 36.4 Å². The lowest BCUT2D eigenvalue weighted by Crippen LogP contribution is -2.13. The second-order valence-corrected chi connectivity index (χ2v) is 11.2. The maximum Gasteiger partial charge on any atom is 0.260 e. The highest BCUT2D eigenvalue weighted by Gasteiger charge is 2.27. The number of aromatic hydroxyl groups is 5. The van der Waals surface area contributed by atoms with Crippen molar-refractivity contribution in [2.24, 2.45) is 0 Å². The average molecular weight is 615 g/mol. The Morgan fingerprint density at radius 1 is 0.478 bits per heavy atom. The first kappa shape index (κ1) is 29.8. The minimum Gasteiger partial charge on any atom is -0.507 e. The molecule has 0 unspecified atom stereocenters. The van der Waals surface area contributed by atoms with E-state index >= 15 is 0 Å². The van der Waals surface area contributed by atoms with Gasteiger partial charge in [-0.25, -0.2) is 0 Å². The summed E-state index contributed by atoms with van der Waals surface area (Å²) in [6.45, 7) is 4.99. The fourth-order valence-electron chi connectivity index (χ4n) is 5.93. The summed E-state index contributed by atoms with van der Waals surface area (Å²) in [5, 5.41) is 62.1. The summed E-state index contributed by atoms with van der Waals surface area (Å²) in [4.78, 5) is 26.8. The molecule has 9 nitrogen and oxygen atoms in total. The molecule has 6 aromatic carbocycles. The molecule has 0 aliphatic carbocycles. The molecule has 7 N–H and O–H groups in total. The van der Waals surface area contributed by atoms with Crippen molar-refractivity contribution < 1.29 is 35.1 Å². The Labute approximate surface area is 263 Å². The van der Waals surface area contributed by atoms with E-state index in [0.717, 1.165) is 6.07 Å². The lowest BCUT2D eigenvalue weighted by molar-refractivity contribution is 0.101. The molecule has 0 spiro atoms. The van der Waals surface area contributed by atoms with Gasteiger partial charge in [-0.2, -0.15) is 0 Å². The highest BCUT2D eigenvalue weighted by atomic mass is 16.3. The number of amides is 2. The van der Waals surface area contributed by atoms with Crippen LogP contribution in [0.2, 0.25) is 0 Å². The van der Waals surface area contributed by atoms with E-state index in [1.54, 1.807) is 93.6 Å². The van der Waals surface area contributed by atoms with Crippen LogP contribution < -0.4 is 10.6 Å². The Balaban J connectivity index is 1.54. The predicted molar refractivity (Wildman–Crippen MR) is 178 cm³/mol.